The molecular weight excluding hydrogens is 310 g/mol. The molecule has 3 N–H and O–H groups in total. The van der Waals surface area contributed by atoms with Crippen LogP contribution in [0.25, 0.3) is 21.5 Å². The molecule has 0 aromatic heterocycles. The molecule has 0 heterocycles. The summed E-state index contributed by atoms with van der Waals surface area (Å²) >= 11 is 6.58. The lowest BCUT2D eigenvalue weighted by atomic mass is 9.96. The molecule has 23 heavy (non-hydrogen) atoms. The van der Waals surface area contributed by atoms with Crippen molar-refractivity contribution in [1.82, 2.24) is 5.32 Å². The zero-order valence-corrected chi connectivity index (χ0v) is 13.7. The lowest BCUT2D eigenvalue weighted by Gasteiger charge is -2.20. The van der Waals surface area contributed by atoms with Crippen molar-refractivity contribution in [1.29, 1.82) is 0 Å². The van der Waals surface area contributed by atoms with Crippen molar-refractivity contribution in [3.8, 4) is 0 Å². The molecule has 4 heteroatoms. The number of hydrogen-bond acceptors (Lipinski definition) is 3. The van der Waals surface area contributed by atoms with Crippen molar-refractivity contribution in [3.05, 3.63) is 59.1 Å². The van der Waals surface area contributed by atoms with Crippen LogP contribution in [-0.4, -0.2) is 23.0 Å². The molecule has 3 aromatic carbocycles. The monoisotopic (exact) mass is 329 g/mol. The van der Waals surface area contributed by atoms with Gasteiger partial charge >= 0.3 is 0 Å². The molecule has 3 rings (SSSR count). The van der Waals surface area contributed by atoms with E-state index in [0.717, 1.165) is 32.1 Å². The number of rotatable bonds is 5. The second-order valence-electron chi connectivity index (χ2n) is 5.87. The van der Waals surface area contributed by atoms with Crippen LogP contribution < -0.4 is 5.32 Å². The first-order valence-electron chi connectivity index (χ1n) is 7.73. The van der Waals surface area contributed by atoms with Gasteiger partial charge in [-0.25, -0.2) is 0 Å². The standard InChI is InChI=1S/C19H20ClNO2/c1-12(11-22)19(23)21-10-17-13-6-2-4-8-15(13)18(20)16-9-5-3-7-14(16)17/h2-9,12,19,21-23H,10-11H2,1H3. The number of fused-ring (bicyclic) bond motifs is 2. The maximum Gasteiger partial charge on any atom is 0.109 e. The van der Waals surface area contributed by atoms with E-state index in [4.69, 9.17) is 16.7 Å². The van der Waals surface area contributed by atoms with E-state index in [0.29, 0.717) is 6.54 Å². The van der Waals surface area contributed by atoms with Crippen LogP contribution in [0.3, 0.4) is 0 Å². The fourth-order valence-corrected chi connectivity index (χ4v) is 3.19. The first-order chi connectivity index (χ1) is 11.1. The number of hydrogen-bond donors (Lipinski definition) is 3. The first kappa shape index (κ1) is 16.2. The largest absolute Gasteiger partial charge is 0.396 e. The summed E-state index contributed by atoms with van der Waals surface area (Å²) in [5.41, 5.74) is 1.10. The zero-order chi connectivity index (χ0) is 16.4. The molecule has 2 unspecified atom stereocenters. The van der Waals surface area contributed by atoms with Crippen molar-refractivity contribution >= 4 is 33.1 Å². The van der Waals surface area contributed by atoms with Gasteiger partial charge < -0.3 is 10.2 Å². The normalized spacial score (nSPS) is 14.3. The summed E-state index contributed by atoms with van der Waals surface area (Å²) in [6.07, 6.45) is -0.756. The summed E-state index contributed by atoms with van der Waals surface area (Å²) in [6.45, 7) is 2.25. The third kappa shape index (κ3) is 3.06. The number of nitrogens with one attached hydrogen (secondary N) is 1. The summed E-state index contributed by atoms with van der Waals surface area (Å²) in [6, 6.07) is 16.1. The van der Waals surface area contributed by atoms with Crippen molar-refractivity contribution in [3.63, 3.8) is 0 Å². The lowest BCUT2D eigenvalue weighted by Crippen LogP contribution is -2.35. The summed E-state index contributed by atoms with van der Waals surface area (Å²) in [5.74, 6) is -0.222. The topological polar surface area (TPSA) is 52.5 Å². The zero-order valence-electron chi connectivity index (χ0n) is 13.0. The molecule has 0 aliphatic rings. The maximum atomic E-state index is 10.1. The van der Waals surface area contributed by atoms with Gasteiger partial charge in [-0.05, 0) is 16.3 Å². The van der Waals surface area contributed by atoms with Gasteiger partial charge in [0.15, 0.2) is 0 Å². The van der Waals surface area contributed by atoms with E-state index >= 15 is 0 Å². The van der Waals surface area contributed by atoms with Crippen molar-refractivity contribution in [2.45, 2.75) is 19.7 Å². The van der Waals surface area contributed by atoms with E-state index in [-0.39, 0.29) is 12.5 Å². The average molecular weight is 330 g/mol. The first-order valence-corrected chi connectivity index (χ1v) is 8.11. The van der Waals surface area contributed by atoms with Gasteiger partial charge in [0.1, 0.15) is 6.23 Å². The van der Waals surface area contributed by atoms with E-state index in [2.05, 4.69) is 5.32 Å². The van der Waals surface area contributed by atoms with Crippen molar-refractivity contribution < 1.29 is 10.2 Å². The molecule has 0 aliphatic heterocycles. The Morgan fingerprint density at radius 1 is 0.957 bits per heavy atom. The van der Waals surface area contributed by atoms with Gasteiger partial charge in [0, 0.05) is 29.8 Å². The Morgan fingerprint density at radius 2 is 1.43 bits per heavy atom. The Kier molecular flexibility index (Phi) is 4.83. The van der Waals surface area contributed by atoms with Gasteiger partial charge in [-0.1, -0.05) is 67.1 Å². The molecule has 2 atom stereocenters. The Labute approximate surface area is 140 Å². The van der Waals surface area contributed by atoms with Crippen LogP contribution in [0.15, 0.2) is 48.5 Å². The molecule has 3 aromatic rings. The van der Waals surface area contributed by atoms with E-state index in [9.17, 15) is 5.11 Å². The SMILES string of the molecule is CC(CO)C(O)NCc1c2ccccc2c(Cl)c2ccccc12. The highest BCUT2D eigenvalue weighted by Gasteiger charge is 2.15. The van der Waals surface area contributed by atoms with Crippen LogP contribution in [0.2, 0.25) is 5.02 Å². The summed E-state index contributed by atoms with van der Waals surface area (Å²) in [5, 5.41) is 27.3. The molecule has 0 bridgehead atoms. The lowest BCUT2D eigenvalue weighted by molar-refractivity contribution is 0.0496. The van der Waals surface area contributed by atoms with Crippen molar-refractivity contribution in [2.24, 2.45) is 5.92 Å². The van der Waals surface area contributed by atoms with E-state index in [1.54, 1.807) is 6.92 Å². The number of benzene rings is 3. The molecular formula is C19H20ClNO2. The minimum Gasteiger partial charge on any atom is -0.396 e. The highest BCUT2D eigenvalue weighted by Crippen LogP contribution is 2.36. The van der Waals surface area contributed by atoms with Crippen LogP contribution >= 0.6 is 11.6 Å². The van der Waals surface area contributed by atoms with E-state index in [1.165, 1.54) is 0 Å². The predicted octanol–water partition coefficient (Wildman–Crippen LogP) is 3.68. The molecule has 0 amide bonds. The van der Waals surface area contributed by atoms with Crippen LogP contribution in [0, 0.1) is 5.92 Å². The molecule has 0 radical (unpaired) electrons. The highest BCUT2D eigenvalue weighted by molar-refractivity contribution is 6.41. The van der Waals surface area contributed by atoms with Gasteiger partial charge in [0.25, 0.3) is 0 Å². The van der Waals surface area contributed by atoms with E-state index in [1.807, 2.05) is 48.5 Å². The fraction of sp³-hybridized carbons (Fsp3) is 0.263. The van der Waals surface area contributed by atoms with Gasteiger partial charge in [0.2, 0.25) is 0 Å². The third-order valence-corrected chi connectivity index (χ3v) is 4.70. The third-order valence-electron chi connectivity index (χ3n) is 4.29. The van der Waals surface area contributed by atoms with Crippen LogP contribution in [0.5, 0.6) is 0 Å². The summed E-state index contributed by atoms with van der Waals surface area (Å²) in [7, 11) is 0. The molecule has 0 aliphatic carbocycles. The number of aliphatic hydroxyl groups is 2. The average Bonchev–Trinajstić information content (AvgIpc) is 2.60. The molecule has 0 saturated carbocycles. The molecule has 0 fully saturated rings. The molecule has 120 valence electrons. The predicted molar refractivity (Wildman–Crippen MR) is 95.6 cm³/mol. The second kappa shape index (κ2) is 6.85. The van der Waals surface area contributed by atoms with Crippen LogP contribution in [-0.2, 0) is 6.54 Å². The number of halogens is 1. The maximum absolute atomic E-state index is 10.1. The number of aliphatic hydroxyl groups excluding tert-OH is 2. The molecule has 0 saturated heterocycles. The van der Waals surface area contributed by atoms with Crippen LogP contribution in [0.4, 0.5) is 0 Å². The Balaban J connectivity index is 2.11. The minimum absolute atomic E-state index is 0.0592. The van der Waals surface area contributed by atoms with Gasteiger partial charge in [0.05, 0.1) is 5.02 Å². The molecule has 3 nitrogen and oxygen atoms in total. The van der Waals surface area contributed by atoms with Gasteiger partial charge in [-0.3, -0.25) is 5.32 Å². The van der Waals surface area contributed by atoms with Gasteiger partial charge in [-0.2, -0.15) is 0 Å². The minimum atomic E-state index is -0.756. The highest BCUT2D eigenvalue weighted by atomic mass is 35.5. The summed E-state index contributed by atoms with van der Waals surface area (Å²) in [4.78, 5) is 0. The van der Waals surface area contributed by atoms with Gasteiger partial charge in [-0.15, -0.1) is 0 Å². The Hall–Kier alpha value is -1.65. The summed E-state index contributed by atoms with van der Waals surface area (Å²) < 4.78 is 0. The van der Waals surface area contributed by atoms with Crippen LogP contribution in [0.1, 0.15) is 12.5 Å². The molecule has 0 spiro atoms. The van der Waals surface area contributed by atoms with E-state index < -0.39 is 6.23 Å². The van der Waals surface area contributed by atoms with Crippen molar-refractivity contribution in [2.75, 3.05) is 6.61 Å². The fourth-order valence-electron chi connectivity index (χ4n) is 2.86. The quantitative estimate of drug-likeness (QED) is 0.494. The Bertz CT molecular complexity index is 777. The second-order valence-corrected chi connectivity index (χ2v) is 6.25. The smallest absolute Gasteiger partial charge is 0.109 e. The Morgan fingerprint density at radius 3 is 1.91 bits per heavy atom.